The number of hydrogen-bond donors (Lipinski definition) is 1. The summed E-state index contributed by atoms with van der Waals surface area (Å²) >= 11 is 1.45. The van der Waals surface area contributed by atoms with E-state index in [0.29, 0.717) is 16.8 Å². The highest BCUT2D eigenvalue weighted by atomic mass is 32.1. The highest BCUT2D eigenvalue weighted by molar-refractivity contribution is 7.15. The van der Waals surface area contributed by atoms with Gasteiger partial charge in [-0.05, 0) is 43.9 Å². The lowest BCUT2D eigenvalue weighted by Crippen LogP contribution is -2.11. The molecule has 3 aromatic rings. The lowest BCUT2D eigenvalue weighted by Gasteiger charge is -1.98. The predicted molar refractivity (Wildman–Crippen MR) is 90.2 cm³/mol. The largest absolute Gasteiger partial charge is 0.451 e. The Bertz CT molecular complexity index is 893. The van der Waals surface area contributed by atoms with Gasteiger partial charge >= 0.3 is 0 Å². The average Bonchev–Trinajstić information content (AvgIpc) is 3.22. The van der Waals surface area contributed by atoms with Crippen molar-refractivity contribution in [1.29, 1.82) is 0 Å². The molecule has 1 saturated carbocycles. The van der Waals surface area contributed by atoms with Crippen molar-refractivity contribution >= 4 is 33.3 Å². The minimum absolute atomic E-state index is 0.268. The third-order valence-electron chi connectivity index (χ3n) is 4.20. The molecule has 2 aromatic heterocycles. The molecule has 0 unspecified atom stereocenters. The Kier molecular flexibility index (Phi) is 3.41. The van der Waals surface area contributed by atoms with Crippen LogP contribution in [0.3, 0.4) is 0 Å². The highest BCUT2D eigenvalue weighted by Gasteiger charge is 2.28. The van der Waals surface area contributed by atoms with E-state index in [1.54, 1.807) is 0 Å². The van der Waals surface area contributed by atoms with Crippen molar-refractivity contribution < 1.29 is 9.21 Å². The smallest absolute Gasteiger partial charge is 0.293 e. The maximum Gasteiger partial charge on any atom is 0.293 e. The molecule has 23 heavy (non-hydrogen) atoms. The van der Waals surface area contributed by atoms with Gasteiger partial charge in [0.15, 0.2) is 5.76 Å². The van der Waals surface area contributed by atoms with E-state index >= 15 is 0 Å². The zero-order chi connectivity index (χ0) is 16.0. The molecule has 1 aliphatic carbocycles. The number of hydrogen-bond acceptors (Lipinski definition) is 5. The molecule has 1 aromatic carbocycles. The molecule has 4 rings (SSSR count). The van der Waals surface area contributed by atoms with Crippen LogP contribution in [0.4, 0.5) is 5.13 Å². The molecule has 118 valence electrons. The number of nitrogens with one attached hydrogen (secondary N) is 1. The van der Waals surface area contributed by atoms with Crippen molar-refractivity contribution in [2.45, 2.75) is 39.0 Å². The minimum Gasteiger partial charge on any atom is -0.451 e. The topological polar surface area (TPSA) is 68.0 Å². The second kappa shape index (κ2) is 5.45. The van der Waals surface area contributed by atoms with Crippen molar-refractivity contribution in [2.24, 2.45) is 0 Å². The molecule has 0 radical (unpaired) electrons. The number of benzene rings is 1. The lowest BCUT2D eigenvalue weighted by atomic mass is 10.1. The fraction of sp³-hybridized carbons (Fsp3) is 0.353. The number of rotatable bonds is 4. The van der Waals surface area contributed by atoms with Crippen LogP contribution in [0.2, 0.25) is 0 Å². The van der Waals surface area contributed by atoms with Gasteiger partial charge in [-0.2, -0.15) is 0 Å². The zero-order valence-corrected chi connectivity index (χ0v) is 13.9. The van der Waals surface area contributed by atoms with Gasteiger partial charge in [-0.15, -0.1) is 10.2 Å². The summed E-state index contributed by atoms with van der Waals surface area (Å²) in [5.41, 5.74) is 2.83. The van der Waals surface area contributed by atoms with Crippen molar-refractivity contribution in [3.63, 3.8) is 0 Å². The Hall–Kier alpha value is -2.21. The molecule has 0 bridgehead atoms. The maximum absolute atomic E-state index is 12.5. The molecule has 0 aliphatic heterocycles. The quantitative estimate of drug-likeness (QED) is 0.776. The molecule has 1 N–H and O–H groups in total. The van der Waals surface area contributed by atoms with Gasteiger partial charge in [0.05, 0.1) is 0 Å². The summed E-state index contributed by atoms with van der Waals surface area (Å²) < 4.78 is 5.74. The fourth-order valence-electron chi connectivity index (χ4n) is 2.64. The molecule has 6 heteroatoms. The van der Waals surface area contributed by atoms with Crippen molar-refractivity contribution in [1.82, 2.24) is 10.2 Å². The van der Waals surface area contributed by atoms with Gasteiger partial charge in [0, 0.05) is 16.9 Å². The highest BCUT2D eigenvalue weighted by Crippen LogP contribution is 2.42. The van der Waals surface area contributed by atoms with E-state index in [0.717, 1.165) is 28.0 Å². The first-order valence-electron chi connectivity index (χ1n) is 7.82. The number of anilines is 1. The second-order valence-corrected chi connectivity index (χ2v) is 6.92. The van der Waals surface area contributed by atoms with Crippen molar-refractivity contribution in [3.05, 3.63) is 40.1 Å². The molecule has 1 aliphatic rings. The number of carbonyl (C=O) groups is 1. The van der Waals surface area contributed by atoms with E-state index in [2.05, 4.69) is 28.5 Å². The van der Waals surface area contributed by atoms with Crippen LogP contribution in [0, 0.1) is 6.92 Å². The van der Waals surface area contributed by atoms with Gasteiger partial charge in [0.1, 0.15) is 10.6 Å². The van der Waals surface area contributed by atoms with Crippen LogP contribution in [0.1, 0.15) is 52.4 Å². The van der Waals surface area contributed by atoms with E-state index in [9.17, 15) is 4.79 Å². The van der Waals surface area contributed by atoms with E-state index in [1.807, 2.05) is 19.1 Å². The van der Waals surface area contributed by atoms with E-state index in [-0.39, 0.29) is 5.91 Å². The Labute approximate surface area is 137 Å². The van der Waals surface area contributed by atoms with Crippen LogP contribution in [-0.2, 0) is 6.42 Å². The van der Waals surface area contributed by atoms with Gasteiger partial charge in [-0.25, -0.2) is 0 Å². The van der Waals surface area contributed by atoms with E-state index < -0.39 is 0 Å². The summed E-state index contributed by atoms with van der Waals surface area (Å²) in [5.74, 6) is 0.616. The average molecular weight is 327 g/mol. The molecule has 0 saturated heterocycles. The van der Waals surface area contributed by atoms with E-state index in [4.69, 9.17) is 4.42 Å². The number of nitrogens with zero attached hydrogens (tertiary/aromatic N) is 2. The van der Waals surface area contributed by atoms with Crippen LogP contribution in [0.5, 0.6) is 0 Å². The first kappa shape index (κ1) is 14.4. The summed E-state index contributed by atoms with van der Waals surface area (Å²) in [6.45, 7) is 4.02. The number of furan rings is 1. The van der Waals surface area contributed by atoms with Gasteiger partial charge in [-0.1, -0.05) is 24.3 Å². The number of carbonyl (C=O) groups excluding carboxylic acids is 1. The molecule has 2 heterocycles. The molecule has 0 spiro atoms. The zero-order valence-electron chi connectivity index (χ0n) is 13.0. The molecule has 1 fully saturated rings. The Balaban J connectivity index is 1.61. The number of aryl methyl sites for hydroxylation is 2. The maximum atomic E-state index is 12.5. The summed E-state index contributed by atoms with van der Waals surface area (Å²) in [4.78, 5) is 12.5. The standard InChI is InChI=1S/C17H17N3O2S/c1-3-10-4-7-13-12(8-10)9(2)14(22-13)15(21)18-17-20-19-16(23-17)11-5-6-11/h4,7-8,11H,3,5-6H2,1-2H3,(H,18,20,21). The van der Waals surface area contributed by atoms with Gasteiger partial charge in [0.2, 0.25) is 5.13 Å². The van der Waals surface area contributed by atoms with Crippen LogP contribution < -0.4 is 5.32 Å². The first-order chi connectivity index (χ1) is 11.2. The lowest BCUT2D eigenvalue weighted by molar-refractivity contribution is 0.0998. The van der Waals surface area contributed by atoms with Crippen molar-refractivity contribution in [2.75, 3.05) is 5.32 Å². The number of amides is 1. The van der Waals surface area contributed by atoms with Gasteiger partial charge in [0.25, 0.3) is 5.91 Å². The summed E-state index contributed by atoms with van der Waals surface area (Å²) in [5, 5.41) is 13.5. The van der Waals surface area contributed by atoms with Crippen LogP contribution in [0.25, 0.3) is 11.0 Å². The molecular formula is C17H17N3O2S. The summed E-state index contributed by atoms with van der Waals surface area (Å²) in [6, 6.07) is 6.04. The van der Waals surface area contributed by atoms with Crippen LogP contribution >= 0.6 is 11.3 Å². The molecule has 1 amide bonds. The molecule has 5 nitrogen and oxygen atoms in total. The Morgan fingerprint density at radius 1 is 1.39 bits per heavy atom. The third kappa shape index (κ3) is 2.63. The molecule has 0 atom stereocenters. The SMILES string of the molecule is CCc1ccc2oc(C(=O)Nc3nnc(C4CC4)s3)c(C)c2c1. The second-order valence-electron chi connectivity index (χ2n) is 5.91. The Morgan fingerprint density at radius 2 is 2.22 bits per heavy atom. The number of fused-ring (bicyclic) bond motifs is 1. The van der Waals surface area contributed by atoms with Gasteiger partial charge in [-0.3, -0.25) is 10.1 Å². The van der Waals surface area contributed by atoms with Crippen LogP contribution in [0.15, 0.2) is 22.6 Å². The van der Waals surface area contributed by atoms with E-state index in [1.165, 1.54) is 29.7 Å². The predicted octanol–water partition coefficient (Wildman–Crippen LogP) is 4.28. The Morgan fingerprint density at radius 3 is 2.96 bits per heavy atom. The first-order valence-corrected chi connectivity index (χ1v) is 8.64. The van der Waals surface area contributed by atoms with Crippen LogP contribution in [-0.4, -0.2) is 16.1 Å². The normalized spacial score (nSPS) is 14.3. The summed E-state index contributed by atoms with van der Waals surface area (Å²) in [6.07, 6.45) is 3.30. The fourth-order valence-corrected chi connectivity index (χ4v) is 3.55. The number of aromatic nitrogens is 2. The minimum atomic E-state index is -0.268. The molecular weight excluding hydrogens is 310 g/mol. The van der Waals surface area contributed by atoms with Crippen molar-refractivity contribution in [3.8, 4) is 0 Å². The third-order valence-corrected chi connectivity index (χ3v) is 5.20. The van der Waals surface area contributed by atoms with Gasteiger partial charge < -0.3 is 4.42 Å². The summed E-state index contributed by atoms with van der Waals surface area (Å²) in [7, 11) is 0. The monoisotopic (exact) mass is 327 g/mol.